The van der Waals surface area contributed by atoms with Crippen LogP contribution in [0, 0.1) is 13.8 Å². The third-order valence-electron chi connectivity index (χ3n) is 3.49. The number of ether oxygens (including phenoxy) is 1. The number of nitrogens with one attached hydrogen (secondary N) is 1. The van der Waals surface area contributed by atoms with Gasteiger partial charge in [-0.3, -0.25) is 4.98 Å². The molecule has 0 saturated carbocycles. The maximum Gasteiger partial charge on any atom is 0.237 e. The normalized spacial score (nSPS) is 12.2. The largest absolute Gasteiger partial charge is 0.480 e. The first-order chi connectivity index (χ1) is 10.2. The zero-order chi connectivity index (χ0) is 15.2. The Morgan fingerprint density at radius 3 is 2.62 bits per heavy atom. The smallest absolute Gasteiger partial charge is 0.237 e. The SMILES string of the molecule is CCCNC(c1ccc(C)cc1C)c1nccnc1OC. The van der Waals surface area contributed by atoms with Crippen molar-refractivity contribution in [2.75, 3.05) is 13.7 Å². The fraction of sp³-hybridized carbons (Fsp3) is 0.412. The molecule has 2 aromatic rings. The first-order valence-corrected chi connectivity index (χ1v) is 7.32. The van der Waals surface area contributed by atoms with Crippen LogP contribution >= 0.6 is 0 Å². The van der Waals surface area contributed by atoms with Crippen molar-refractivity contribution in [3.8, 4) is 5.88 Å². The highest BCUT2D eigenvalue weighted by Gasteiger charge is 2.21. The monoisotopic (exact) mass is 285 g/mol. The van der Waals surface area contributed by atoms with Crippen molar-refractivity contribution in [1.29, 1.82) is 0 Å². The minimum atomic E-state index is -0.00537. The van der Waals surface area contributed by atoms with E-state index < -0.39 is 0 Å². The molecule has 2 rings (SSSR count). The summed E-state index contributed by atoms with van der Waals surface area (Å²) in [7, 11) is 1.63. The van der Waals surface area contributed by atoms with E-state index in [1.54, 1.807) is 19.5 Å². The second-order valence-corrected chi connectivity index (χ2v) is 5.20. The Hall–Kier alpha value is -1.94. The molecule has 4 nitrogen and oxygen atoms in total. The number of benzene rings is 1. The molecule has 0 saturated heterocycles. The van der Waals surface area contributed by atoms with Gasteiger partial charge in [-0.2, -0.15) is 0 Å². The van der Waals surface area contributed by atoms with E-state index in [-0.39, 0.29) is 6.04 Å². The molecular formula is C17H23N3O. The van der Waals surface area contributed by atoms with Gasteiger partial charge in [-0.15, -0.1) is 0 Å². The van der Waals surface area contributed by atoms with E-state index in [0.29, 0.717) is 5.88 Å². The number of hydrogen-bond donors (Lipinski definition) is 1. The van der Waals surface area contributed by atoms with E-state index in [1.165, 1.54) is 16.7 Å². The first kappa shape index (κ1) is 15.4. The number of rotatable bonds is 6. The lowest BCUT2D eigenvalue weighted by Gasteiger charge is -2.22. The number of methoxy groups -OCH3 is 1. The number of aryl methyl sites for hydroxylation is 2. The van der Waals surface area contributed by atoms with Crippen molar-refractivity contribution in [2.45, 2.75) is 33.2 Å². The number of aromatic nitrogens is 2. The van der Waals surface area contributed by atoms with Crippen LogP contribution in [-0.4, -0.2) is 23.6 Å². The molecule has 0 radical (unpaired) electrons. The van der Waals surface area contributed by atoms with Gasteiger partial charge in [0.1, 0.15) is 5.69 Å². The maximum atomic E-state index is 5.38. The van der Waals surface area contributed by atoms with Crippen LogP contribution in [-0.2, 0) is 0 Å². The predicted octanol–water partition coefficient (Wildman–Crippen LogP) is 3.19. The summed E-state index contributed by atoms with van der Waals surface area (Å²) in [5.41, 5.74) is 4.56. The van der Waals surface area contributed by atoms with Gasteiger partial charge in [-0.1, -0.05) is 30.7 Å². The summed E-state index contributed by atoms with van der Waals surface area (Å²) in [4.78, 5) is 8.77. The van der Waals surface area contributed by atoms with Crippen LogP contribution < -0.4 is 10.1 Å². The lowest BCUT2D eigenvalue weighted by molar-refractivity contribution is 0.382. The summed E-state index contributed by atoms with van der Waals surface area (Å²) in [6.45, 7) is 7.30. The van der Waals surface area contributed by atoms with Crippen LogP contribution in [0.25, 0.3) is 0 Å². The van der Waals surface area contributed by atoms with Gasteiger partial charge in [0.15, 0.2) is 0 Å². The van der Waals surface area contributed by atoms with Crippen LogP contribution in [0.1, 0.15) is 41.8 Å². The van der Waals surface area contributed by atoms with Crippen LogP contribution in [0.2, 0.25) is 0 Å². The summed E-state index contributed by atoms with van der Waals surface area (Å²) >= 11 is 0. The Bertz CT molecular complexity index is 598. The molecule has 4 heteroatoms. The quantitative estimate of drug-likeness (QED) is 0.885. The Morgan fingerprint density at radius 1 is 1.19 bits per heavy atom. The molecule has 0 fully saturated rings. The van der Waals surface area contributed by atoms with E-state index >= 15 is 0 Å². The van der Waals surface area contributed by atoms with Crippen LogP contribution in [0.5, 0.6) is 5.88 Å². The molecule has 112 valence electrons. The van der Waals surface area contributed by atoms with E-state index in [4.69, 9.17) is 4.74 Å². The molecule has 0 aliphatic heterocycles. The van der Waals surface area contributed by atoms with Crippen molar-refractivity contribution < 1.29 is 4.74 Å². The van der Waals surface area contributed by atoms with Gasteiger partial charge < -0.3 is 10.1 Å². The fourth-order valence-electron chi connectivity index (χ4n) is 2.48. The van der Waals surface area contributed by atoms with Gasteiger partial charge in [-0.25, -0.2) is 4.98 Å². The molecule has 0 aliphatic rings. The van der Waals surface area contributed by atoms with Crippen LogP contribution in [0.4, 0.5) is 0 Å². The zero-order valence-corrected chi connectivity index (χ0v) is 13.2. The molecule has 1 aromatic carbocycles. The van der Waals surface area contributed by atoms with Crippen molar-refractivity contribution in [3.05, 3.63) is 53.0 Å². The molecule has 0 aliphatic carbocycles. The molecule has 0 bridgehead atoms. The van der Waals surface area contributed by atoms with E-state index in [2.05, 4.69) is 54.3 Å². The lowest BCUT2D eigenvalue weighted by atomic mass is 9.96. The van der Waals surface area contributed by atoms with Crippen LogP contribution in [0.3, 0.4) is 0 Å². The van der Waals surface area contributed by atoms with Crippen molar-refractivity contribution in [1.82, 2.24) is 15.3 Å². The van der Waals surface area contributed by atoms with Crippen molar-refractivity contribution >= 4 is 0 Å². The molecule has 0 amide bonds. The average Bonchev–Trinajstić information content (AvgIpc) is 2.49. The summed E-state index contributed by atoms with van der Waals surface area (Å²) in [6.07, 6.45) is 4.42. The first-order valence-electron chi connectivity index (χ1n) is 7.32. The molecule has 0 spiro atoms. The number of hydrogen-bond acceptors (Lipinski definition) is 4. The average molecular weight is 285 g/mol. The molecule has 1 N–H and O–H groups in total. The van der Waals surface area contributed by atoms with Gasteiger partial charge in [0.25, 0.3) is 0 Å². The topological polar surface area (TPSA) is 47.0 Å². The van der Waals surface area contributed by atoms with Gasteiger partial charge in [0.05, 0.1) is 13.2 Å². The standard InChI is InChI=1S/C17H23N3O/c1-5-8-18-15(14-7-6-12(2)11-13(14)3)16-17(21-4)20-10-9-19-16/h6-7,9-11,15,18H,5,8H2,1-4H3. The number of nitrogens with zero attached hydrogens (tertiary/aromatic N) is 2. The summed E-state index contributed by atoms with van der Waals surface area (Å²) < 4.78 is 5.38. The van der Waals surface area contributed by atoms with Gasteiger partial charge in [0, 0.05) is 12.4 Å². The highest BCUT2D eigenvalue weighted by atomic mass is 16.5. The highest BCUT2D eigenvalue weighted by Crippen LogP contribution is 2.28. The minimum Gasteiger partial charge on any atom is -0.480 e. The molecule has 1 aromatic heterocycles. The Labute approximate surface area is 126 Å². The summed E-state index contributed by atoms with van der Waals surface area (Å²) in [6, 6.07) is 6.48. The van der Waals surface area contributed by atoms with Crippen molar-refractivity contribution in [3.63, 3.8) is 0 Å². The third-order valence-corrected chi connectivity index (χ3v) is 3.49. The molecule has 1 heterocycles. The third kappa shape index (κ3) is 3.58. The van der Waals surface area contributed by atoms with E-state index in [9.17, 15) is 0 Å². The van der Waals surface area contributed by atoms with Gasteiger partial charge in [0.2, 0.25) is 5.88 Å². The second-order valence-electron chi connectivity index (χ2n) is 5.20. The molecular weight excluding hydrogens is 262 g/mol. The highest BCUT2D eigenvalue weighted by molar-refractivity contribution is 5.39. The summed E-state index contributed by atoms with van der Waals surface area (Å²) in [5.74, 6) is 0.575. The van der Waals surface area contributed by atoms with Gasteiger partial charge >= 0.3 is 0 Å². The Kier molecular flexibility index (Phi) is 5.28. The van der Waals surface area contributed by atoms with Crippen LogP contribution in [0.15, 0.2) is 30.6 Å². The molecule has 1 unspecified atom stereocenters. The van der Waals surface area contributed by atoms with Gasteiger partial charge in [-0.05, 0) is 37.9 Å². The van der Waals surface area contributed by atoms with E-state index in [0.717, 1.165) is 18.7 Å². The molecule has 21 heavy (non-hydrogen) atoms. The fourth-order valence-corrected chi connectivity index (χ4v) is 2.48. The Balaban J connectivity index is 2.47. The zero-order valence-electron chi connectivity index (χ0n) is 13.2. The minimum absolute atomic E-state index is 0.00537. The molecule has 1 atom stereocenters. The second kappa shape index (κ2) is 7.18. The predicted molar refractivity (Wildman–Crippen MR) is 84.6 cm³/mol. The summed E-state index contributed by atoms with van der Waals surface area (Å²) in [5, 5.41) is 3.55. The lowest BCUT2D eigenvalue weighted by Crippen LogP contribution is -2.25. The van der Waals surface area contributed by atoms with E-state index in [1.807, 2.05) is 0 Å². The maximum absolute atomic E-state index is 5.38. The van der Waals surface area contributed by atoms with Crippen molar-refractivity contribution in [2.24, 2.45) is 0 Å². The Morgan fingerprint density at radius 2 is 1.95 bits per heavy atom.